The number of rotatable bonds is 4. The topological polar surface area (TPSA) is 41.0 Å². The van der Waals surface area contributed by atoms with Gasteiger partial charge in [0.25, 0.3) is 0 Å². The van der Waals surface area contributed by atoms with E-state index in [-0.39, 0.29) is 0 Å². The van der Waals surface area contributed by atoms with Crippen LogP contribution in [0.15, 0.2) is 52.2 Å². The SMILES string of the molecule is COc1ccc(Br)cc1/C=N/N1CCN(c2ccccn2)CC1. The smallest absolute Gasteiger partial charge is 0.128 e. The predicted octanol–water partition coefficient (Wildman–Crippen LogP) is 3.01. The zero-order valence-electron chi connectivity index (χ0n) is 13.0. The van der Waals surface area contributed by atoms with E-state index in [0.717, 1.165) is 47.8 Å². The van der Waals surface area contributed by atoms with E-state index in [1.807, 2.05) is 48.8 Å². The van der Waals surface area contributed by atoms with Crippen LogP contribution in [0.25, 0.3) is 0 Å². The molecule has 0 saturated carbocycles. The molecule has 1 fully saturated rings. The fraction of sp³-hybridized carbons (Fsp3) is 0.294. The van der Waals surface area contributed by atoms with Crippen LogP contribution in [0.1, 0.15) is 5.56 Å². The highest BCUT2D eigenvalue weighted by Crippen LogP contribution is 2.21. The van der Waals surface area contributed by atoms with Gasteiger partial charge in [0.2, 0.25) is 0 Å². The van der Waals surface area contributed by atoms with Gasteiger partial charge in [-0.1, -0.05) is 22.0 Å². The highest BCUT2D eigenvalue weighted by molar-refractivity contribution is 9.10. The van der Waals surface area contributed by atoms with Gasteiger partial charge in [0.1, 0.15) is 11.6 Å². The largest absolute Gasteiger partial charge is 0.496 e. The van der Waals surface area contributed by atoms with Gasteiger partial charge in [0.15, 0.2) is 0 Å². The molecular formula is C17H19BrN4O. The highest BCUT2D eigenvalue weighted by atomic mass is 79.9. The number of pyridine rings is 1. The summed E-state index contributed by atoms with van der Waals surface area (Å²) in [7, 11) is 1.67. The van der Waals surface area contributed by atoms with Crippen molar-refractivity contribution in [3.8, 4) is 5.75 Å². The Morgan fingerprint density at radius 3 is 2.70 bits per heavy atom. The molecule has 1 aromatic carbocycles. The van der Waals surface area contributed by atoms with Crippen LogP contribution in [-0.4, -0.2) is 49.5 Å². The zero-order chi connectivity index (χ0) is 16.1. The average Bonchev–Trinajstić information content (AvgIpc) is 2.61. The third-order valence-electron chi connectivity index (χ3n) is 3.78. The van der Waals surface area contributed by atoms with E-state index in [9.17, 15) is 0 Å². The number of hydrogen-bond donors (Lipinski definition) is 0. The van der Waals surface area contributed by atoms with Crippen molar-refractivity contribution in [2.24, 2.45) is 5.10 Å². The van der Waals surface area contributed by atoms with E-state index >= 15 is 0 Å². The summed E-state index contributed by atoms with van der Waals surface area (Å²) in [6.07, 6.45) is 3.69. The minimum absolute atomic E-state index is 0.823. The summed E-state index contributed by atoms with van der Waals surface area (Å²) in [5, 5.41) is 6.67. The van der Waals surface area contributed by atoms with E-state index in [1.54, 1.807) is 7.11 Å². The molecule has 5 nitrogen and oxygen atoms in total. The minimum Gasteiger partial charge on any atom is -0.496 e. The lowest BCUT2D eigenvalue weighted by Gasteiger charge is -2.33. The first-order valence-corrected chi connectivity index (χ1v) is 8.34. The van der Waals surface area contributed by atoms with Crippen LogP contribution in [0.4, 0.5) is 5.82 Å². The number of ether oxygens (including phenoxy) is 1. The molecule has 0 radical (unpaired) electrons. The molecule has 1 aliphatic heterocycles. The van der Waals surface area contributed by atoms with Gasteiger partial charge in [0.05, 0.1) is 26.4 Å². The Kier molecular flexibility index (Phi) is 5.12. The number of hydrogen-bond acceptors (Lipinski definition) is 5. The summed E-state index contributed by atoms with van der Waals surface area (Å²) < 4.78 is 6.38. The monoisotopic (exact) mass is 374 g/mol. The van der Waals surface area contributed by atoms with E-state index in [0.29, 0.717) is 0 Å². The van der Waals surface area contributed by atoms with Crippen LogP contribution in [0, 0.1) is 0 Å². The standard InChI is InChI=1S/C17H19BrN4O/c1-23-16-6-5-15(18)12-14(16)13-20-22-10-8-21(9-11-22)17-4-2-3-7-19-17/h2-7,12-13H,8-11H2,1H3/b20-13+. The summed E-state index contributed by atoms with van der Waals surface area (Å²) in [5.74, 6) is 1.86. The maximum Gasteiger partial charge on any atom is 0.128 e. The molecular weight excluding hydrogens is 356 g/mol. The summed E-state index contributed by atoms with van der Waals surface area (Å²) in [4.78, 5) is 6.68. The zero-order valence-corrected chi connectivity index (χ0v) is 14.6. The van der Waals surface area contributed by atoms with Crippen molar-refractivity contribution in [2.75, 3.05) is 38.2 Å². The molecule has 0 unspecified atom stereocenters. The molecule has 0 atom stereocenters. The Hall–Kier alpha value is -2.08. The van der Waals surface area contributed by atoms with Gasteiger partial charge in [-0.05, 0) is 30.3 Å². The van der Waals surface area contributed by atoms with E-state index < -0.39 is 0 Å². The lowest BCUT2D eigenvalue weighted by molar-refractivity contribution is 0.271. The van der Waals surface area contributed by atoms with Crippen molar-refractivity contribution < 1.29 is 4.74 Å². The maximum absolute atomic E-state index is 5.37. The van der Waals surface area contributed by atoms with E-state index in [2.05, 4.69) is 35.9 Å². The van der Waals surface area contributed by atoms with Crippen molar-refractivity contribution in [1.82, 2.24) is 9.99 Å². The van der Waals surface area contributed by atoms with Crippen LogP contribution in [-0.2, 0) is 0 Å². The fourth-order valence-electron chi connectivity index (χ4n) is 2.53. The Bertz CT molecular complexity index is 670. The first kappa shape index (κ1) is 15.8. The summed E-state index contributed by atoms with van der Waals surface area (Å²) in [6, 6.07) is 11.9. The van der Waals surface area contributed by atoms with Crippen molar-refractivity contribution in [3.63, 3.8) is 0 Å². The van der Waals surface area contributed by atoms with Crippen molar-refractivity contribution in [2.45, 2.75) is 0 Å². The van der Waals surface area contributed by atoms with Gasteiger partial charge in [-0.3, -0.25) is 5.01 Å². The number of benzene rings is 1. The number of hydrazone groups is 1. The molecule has 120 valence electrons. The second-order valence-electron chi connectivity index (χ2n) is 5.26. The summed E-state index contributed by atoms with van der Waals surface area (Å²) in [5.41, 5.74) is 0.967. The van der Waals surface area contributed by atoms with Crippen LogP contribution in [0.5, 0.6) is 5.75 Å². The van der Waals surface area contributed by atoms with Gasteiger partial charge in [-0.2, -0.15) is 5.10 Å². The summed E-state index contributed by atoms with van der Waals surface area (Å²) >= 11 is 3.48. The van der Waals surface area contributed by atoms with Crippen LogP contribution < -0.4 is 9.64 Å². The van der Waals surface area contributed by atoms with Gasteiger partial charge in [-0.25, -0.2) is 4.98 Å². The molecule has 1 aliphatic rings. The van der Waals surface area contributed by atoms with Crippen molar-refractivity contribution >= 4 is 28.0 Å². The lowest BCUT2D eigenvalue weighted by atomic mass is 10.2. The number of nitrogens with zero attached hydrogens (tertiary/aromatic N) is 4. The molecule has 2 aromatic rings. The molecule has 1 aromatic heterocycles. The Labute approximate surface area is 144 Å². The molecule has 23 heavy (non-hydrogen) atoms. The van der Waals surface area contributed by atoms with Gasteiger partial charge >= 0.3 is 0 Å². The average molecular weight is 375 g/mol. The second kappa shape index (κ2) is 7.46. The Morgan fingerprint density at radius 1 is 1.17 bits per heavy atom. The van der Waals surface area contributed by atoms with Crippen molar-refractivity contribution in [1.29, 1.82) is 0 Å². The number of methoxy groups -OCH3 is 1. The van der Waals surface area contributed by atoms with Gasteiger partial charge in [-0.15, -0.1) is 0 Å². The first-order valence-electron chi connectivity index (χ1n) is 7.55. The number of aromatic nitrogens is 1. The molecule has 2 heterocycles. The van der Waals surface area contributed by atoms with Crippen LogP contribution in [0.2, 0.25) is 0 Å². The van der Waals surface area contributed by atoms with Crippen LogP contribution >= 0.6 is 15.9 Å². The number of halogens is 1. The van der Waals surface area contributed by atoms with Crippen LogP contribution in [0.3, 0.4) is 0 Å². The van der Waals surface area contributed by atoms with E-state index in [4.69, 9.17) is 4.74 Å². The third-order valence-corrected chi connectivity index (χ3v) is 4.27. The fourth-order valence-corrected chi connectivity index (χ4v) is 2.91. The lowest BCUT2D eigenvalue weighted by Crippen LogP contribution is -2.44. The van der Waals surface area contributed by atoms with Gasteiger partial charge in [0, 0.05) is 29.3 Å². The number of anilines is 1. The Balaban J connectivity index is 1.62. The minimum atomic E-state index is 0.823. The normalized spacial score (nSPS) is 15.2. The third kappa shape index (κ3) is 4.01. The molecule has 0 amide bonds. The first-order chi connectivity index (χ1) is 11.3. The van der Waals surface area contributed by atoms with Crippen molar-refractivity contribution in [3.05, 3.63) is 52.6 Å². The Morgan fingerprint density at radius 2 is 2.00 bits per heavy atom. The number of piperazine rings is 1. The molecule has 0 spiro atoms. The predicted molar refractivity (Wildman–Crippen MR) is 96.3 cm³/mol. The van der Waals surface area contributed by atoms with Gasteiger partial charge < -0.3 is 9.64 Å². The molecule has 0 aliphatic carbocycles. The summed E-state index contributed by atoms with van der Waals surface area (Å²) in [6.45, 7) is 3.60. The quantitative estimate of drug-likeness (QED) is 0.771. The maximum atomic E-state index is 5.37. The highest BCUT2D eigenvalue weighted by Gasteiger charge is 2.16. The van der Waals surface area contributed by atoms with E-state index in [1.165, 1.54) is 0 Å². The molecule has 0 N–H and O–H groups in total. The molecule has 1 saturated heterocycles. The molecule has 0 bridgehead atoms. The molecule has 6 heteroatoms. The molecule has 3 rings (SSSR count). The second-order valence-corrected chi connectivity index (χ2v) is 6.18.